The second-order valence-corrected chi connectivity index (χ2v) is 4.28. The van der Waals surface area contributed by atoms with E-state index >= 15 is 0 Å². The van der Waals surface area contributed by atoms with E-state index < -0.39 is 5.82 Å². The number of rotatable bonds is 3. The maximum atomic E-state index is 13.0. The van der Waals surface area contributed by atoms with Gasteiger partial charge in [0.25, 0.3) is 0 Å². The van der Waals surface area contributed by atoms with Gasteiger partial charge in [0, 0.05) is 0 Å². The summed E-state index contributed by atoms with van der Waals surface area (Å²) in [5.74, 6) is -1.34. The molecule has 1 heterocycles. The third-order valence-electron chi connectivity index (χ3n) is 2.10. The van der Waals surface area contributed by atoms with E-state index in [9.17, 15) is 8.78 Å². The minimum atomic E-state index is -0.702. The highest BCUT2D eigenvalue weighted by atomic mass is 79.9. The average Bonchev–Trinajstić information content (AvgIpc) is 2.35. The van der Waals surface area contributed by atoms with Gasteiger partial charge in [-0.05, 0) is 33.6 Å². The Kier molecular flexibility index (Phi) is 3.71. The van der Waals surface area contributed by atoms with Gasteiger partial charge in [-0.15, -0.1) is 0 Å². The first-order valence-corrected chi connectivity index (χ1v) is 5.70. The molecule has 0 aliphatic rings. The molecule has 0 amide bonds. The first-order valence-electron chi connectivity index (χ1n) is 4.91. The van der Waals surface area contributed by atoms with Crippen molar-refractivity contribution in [2.45, 2.75) is 6.61 Å². The molecule has 0 bridgehead atoms. The molecule has 0 radical (unpaired) electrons. The highest BCUT2D eigenvalue weighted by molar-refractivity contribution is 9.10. The normalized spacial score (nSPS) is 10.4. The van der Waals surface area contributed by atoms with Crippen LogP contribution in [0, 0.1) is 11.6 Å². The molecule has 0 aliphatic heterocycles. The van der Waals surface area contributed by atoms with E-state index in [-0.39, 0.29) is 24.3 Å². The van der Waals surface area contributed by atoms with Crippen molar-refractivity contribution in [3.8, 4) is 6.01 Å². The van der Waals surface area contributed by atoms with Gasteiger partial charge in [0.05, 0.1) is 10.7 Å². The van der Waals surface area contributed by atoms with Crippen LogP contribution in [0.1, 0.15) is 5.56 Å². The van der Waals surface area contributed by atoms with Crippen LogP contribution in [0.2, 0.25) is 0 Å². The largest absolute Gasteiger partial charge is 0.459 e. The first-order chi connectivity index (χ1) is 8.56. The lowest BCUT2D eigenvalue weighted by Gasteiger charge is -2.05. The van der Waals surface area contributed by atoms with Gasteiger partial charge in [-0.1, -0.05) is 6.07 Å². The van der Waals surface area contributed by atoms with Crippen LogP contribution in [0.3, 0.4) is 0 Å². The number of hydrogen-bond acceptors (Lipinski definition) is 4. The number of halogens is 3. The molecule has 94 valence electrons. The minimum absolute atomic E-state index is 0.0330. The Bertz CT molecular complexity index is 529. The van der Waals surface area contributed by atoms with E-state index in [4.69, 9.17) is 10.5 Å². The van der Waals surface area contributed by atoms with Gasteiger partial charge in [0.2, 0.25) is 0 Å². The number of nitrogens with zero attached hydrogens (tertiary/aromatic N) is 2. The highest BCUT2D eigenvalue weighted by Gasteiger charge is 2.05. The van der Waals surface area contributed by atoms with Crippen LogP contribution in [0.25, 0.3) is 0 Å². The molecule has 0 unspecified atom stereocenters. The molecule has 1 aromatic heterocycles. The van der Waals surface area contributed by atoms with Crippen molar-refractivity contribution in [3.63, 3.8) is 0 Å². The molecule has 2 aromatic rings. The van der Waals surface area contributed by atoms with Gasteiger partial charge in [0.1, 0.15) is 12.4 Å². The average molecular weight is 316 g/mol. The standard InChI is InChI=1S/C11H8BrF2N3O/c12-7-3-6(1-2-8(7)13)5-18-11-16-4-9(14)10(15)17-11/h1-4H,5H2,(H2,15,16,17). The third-order valence-corrected chi connectivity index (χ3v) is 2.71. The number of nitrogen functional groups attached to an aromatic ring is 1. The van der Waals surface area contributed by atoms with E-state index in [1.54, 1.807) is 12.1 Å². The Morgan fingerprint density at radius 1 is 1.28 bits per heavy atom. The van der Waals surface area contributed by atoms with Crippen LogP contribution in [0.15, 0.2) is 28.9 Å². The maximum absolute atomic E-state index is 13.0. The summed E-state index contributed by atoms with van der Waals surface area (Å²) < 4.78 is 31.3. The Labute approximate surface area is 110 Å². The highest BCUT2D eigenvalue weighted by Crippen LogP contribution is 2.18. The molecule has 0 spiro atoms. The number of anilines is 1. The van der Waals surface area contributed by atoms with E-state index in [1.165, 1.54) is 6.07 Å². The lowest BCUT2D eigenvalue weighted by molar-refractivity contribution is 0.279. The zero-order valence-electron chi connectivity index (χ0n) is 9.03. The van der Waals surface area contributed by atoms with Gasteiger partial charge >= 0.3 is 6.01 Å². The molecule has 2 N–H and O–H groups in total. The predicted molar refractivity (Wildman–Crippen MR) is 64.8 cm³/mol. The summed E-state index contributed by atoms with van der Waals surface area (Å²) in [5.41, 5.74) is 5.99. The topological polar surface area (TPSA) is 61.0 Å². The molecule has 0 saturated carbocycles. The summed E-state index contributed by atoms with van der Waals surface area (Å²) in [6, 6.07) is 4.41. The van der Waals surface area contributed by atoms with Crippen LogP contribution >= 0.6 is 15.9 Å². The number of benzene rings is 1. The molecule has 0 atom stereocenters. The summed E-state index contributed by atoms with van der Waals surface area (Å²) in [7, 11) is 0. The second-order valence-electron chi connectivity index (χ2n) is 3.42. The van der Waals surface area contributed by atoms with Crippen molar-refractivity contribution in [1.82, 2.24) is 9.97 Å². The van der Waals surface area contributed by atoms with Crippen LogP contribution in [0.4, 0.5) is 14.6 Å². The van der Waals surface area contributed by atoms with Crippen molar-refractivity contribution in [1.29, 1.82) is 0 Å². The van der Waals surface area contributed by atoms with Gasteiger partial charge in [-0.2, -0.15) is 4.98 Å². The SMILES string of the molecule is Nc1nc(OCc2ccc(F)c(Br)c2)ncc1F. The molecule has 0 saturated heterocycles. The monoisotopic (exact) mass is 315 g/mol. The van der Waals surface area contributed by atoms with Crippen molar-refractivity contribution in [3.05, 3.63) is 46.1 Å². The Hall–Kier alpha value is -1.76. The van der Waals surface area contributed by atoms with Crippen molar-refractivity contribution < 1.29 is 13.5 Å². The fourth-order valence-electron chi connectivity index (χ4n) is 1.21. The molecule has 0 fully saturated rings. The molecule has 4 nitrogen and oxygen atoms in total. The molecule has 1 aromatic carbocycles. The summed E-state index contributed by atoms with van der Waals surface area (Å²) in [6.45, 7) is 0.129. The fraction of sp³-hybridized carbons (Fsp3) is 0.0909. The maximum Gasteiger partial charge on any atom is 0.318 e. The van der Waals surface area contributed by atoms with E-state index in [0.29, 0.717) is 4.47 Å². The van der Waals surface area contributed by atoms with Crippen LogP contribution in [0.5, 0.6) is 6.01 Å². The lowest BCUT2D eigenvalue weighted by atomic mass is 10.2. The predicted octanol–water partition coefficient (Wildman–Crippen LogP) is 2.68. The molecular weight excluding hydrogens is 308 g/mol. The summed E-state index contributed by atoms with van der Waals surface area (Å²) >= 11 is 3.06. The van der Waals surface area contributed by atoms with E-state index in [2.05, 4.69) is 25.9 Å². The summed E-state index contributed by atoms with van der Waals surface area (Å²) in [5, 5.41) is 0. The van der Waals surface area contributed by atoms with Crippen LogP contribution < -0.4 is 10.5 Å². The van der Waals surface area contributed by atoms with Gasteiger partial charge < -0.3 is 10.5 Å². The zero-order valence-corrected chi connectivity index (χ0v) is 10.6. The summed E-state index contributed by atoms with van der Waals surface area (Å²) in [6.07, 6.45) is 0.929. The smallest absolute Gasteiger partial charge is 0.318 e. The number of nitrogens with two attached hydrogens (primary N) is 1. The molecule has 0 aliphatic carbocycles. The van der Waals surface area contributed by atoms with Crippen molar-refractivity contribution in [2.24, 2.45) is 0 Å². The van der Waals surface area contributed by atoms with Gasteiger partial charge in [-0.3, -0.25) is 0 Å². The Morgan fingerprint density at radius 3 is 2.72 bits per heavy atom. The zero-order chi connectivity index (χ0) is 13.1. The fourth-order valence-corrected chi connectivity index (χ4v) is 1.64. The van der Waals surface area contributed by atoms with Crippen LogP contribution in [-0.2, 0) is 6.61 Å². The van der Waals surface area contributed by atoms with Crippen molar-refractivity contribution in [2.75, 3.05) is 5.73 Å². The molecule has 7 heteroatoms. The van der Waals surface area contributed by atoms with Gasteiger partial charge in [0.15, 0.2) is 11.6 Å². The quantitative estimate of drug-likeness (QED) is 0.946. The second kappa shape index (κ2) is 5.26. The molecule has 2 rings (SSSR count). The Morgan fingerprint density at radius 2 is 2.06 bits per heavy atom. The number of hydrogen-bond donors (Lipinski definition) is 1. The molecule has 18 heavy (non-hydrogen) atoms. The Balaban J connectivity index is 2.06. The van der Waals surface area contributed by atoms with Crippen LogP contribution in [-0.4, -0.2) is 9.97 Å². The van der Waals surface area contributed by atoms with Crippen molar-refractivity contribution >= 4 is 21.7 Å². The van der Waals surface area contributed by atoms with E-state index in [0.717, 1.165) is 11.8 Å². The first kappa shape index (κ1) is 12.7. The lowest BCUT2D eigenvalue weighted by Crippen LogP contribution is -2.03. The minimum Gasteiger partial charge on any atom is -0.459 e. The number of ether oxygens (including phenoxy) is 1. The summed E-state index contributed by atoms with van der Waals surface area (Å²) in [4.78, 5) is 7.23. The number of aromatic nitrogens is 2. The van der Waals surface area contributed by atoms with Gasteiger partial charge in [-0.25, -0.2) is 13.8 Å². The van der Waals surface area contributed by atoms with E-state index in [1.807, 2.05) is 0 Å². The third kappa shape index (κ3) is 2.92. The molecular formula is C11H8BrF2N3O.